The monoisotopic (exact) mass is 362 g/mol. The van der Waals surface area contributed by atoms with Gasteiger partial charge in [-0.05, 0) is 50.9 Å². The van der Waals surface area contributed by atoms with E-state index in [0.717, 1.165) is 25.9 Å². The van der Waals surface area contributed by atoms with E-state index < -0.39 is 0 Å². The lowest BCUT2D eigenvalue weighted by molar-refractivity contribution is -0.117. The topological polar surface area (TPSA) is 59.4 Å². The molecular weight excluding hydrogens is 336 g/mol. The first-order chi connectivity index (χ1) is 11.8. The summed E-state index contributed by atoms with van der Waals surface area (Å²) in [5, 5.41) is 12.0. The van der Waals surface area contributed by atoms with Gasteiger partial charge >= 0.3 is 0 Å². The number of anilines is 1. The molecule has 1 amide bonds. The average molecular weight is 363 g/mol. The summed E-state index contributed by atoms with van der Waals surface area (Å²) in [6, 6.07) is 9.95. The molecule has 0 bridgehead atoms. The minimum absolute atomic E-state index is 0. The number of carbonyl (C=O) groups excluding carboxylic acids is 1. The molecule has 2 fully saturated rings. The Morgan fingerprint density at radius 1 is 1.12 bits per heavy atom. The Morgan fingerprint density at radius 3 is 2.48 bits per heavy atom. The number of hydrogen-bond donors (Lipinski definition) is 1. The first kappa shape index (κ1) is 19.7. The van der Waals surface area contributed by atoms with E-state index in [2.05, 4.69) is 21.2 Å². The highest BCUT2D eigenvalue weighted by Crippen LogP contribution is 2.21. The number of piperidine rings is 2. The molecule has 0 unspecified atom stereocenters. The summed E-state index contributed by atoms with van der Waals surface area (Å²) in [7, 11) is 0. The summed E-state index contributed by atoms with van der Waals surface area (Å²) in [5.74, 6) is -0.0332. The van der Waals surface area contributed by atoms with Crippen molar-refractivity contribution in [2.24, 2.45) is 0 Å². The normalized spacial score (nSPS) is 19.6. The van der Waals surface area contributed by atoms with Gasteiger partial charge in [-0.25, -0.2) is 0 Å². The maximum absolute atomic E-state index is 12.3. The second kappa shape index (κ2) is 9.76. The van der Waals surface area contributed by atoms with Gasteiger partial charge in [-0.1, -0.05) is 18.6 Å². The van der Waals surface area contributed by atoms with Crippen LogP contribution in [0.25, 0.3) is 0 Å². The maximum Gasteiger partial charge on any atom is 0.238 e. The van der Waals surface area contributed by atoms with Crippen LogP contribution in [-0.2, 0) is 4.79 Å². The number of nitriles is 1. The summed E-state index contributed by atoms with van der Waals surface area (Å²) < 4.78 is 0. The summed E-state index contributed by atoms with van der Waals surface area (Å²) >= 11 is 0. The van der Waals surface area contributed by atoms with Gasteiger partial charge in [0, 0.05) is 19.1 Å². The van der Waals surface area contributed by atoms with Gasteiger partial charge in [0.05, 0.1) is 17.8 Å². The van der Waals surface area contributed by atoms with E-state index in [0.29, 0.717) is 23.8 Å². The number of halogens is 1. The third kappa shape index (κ3) is 5.43. The predicted octanol–water partition coefficient (Wildman–Crippen LogP) is 2.87. The van der Waals surface area contributed by atoms with Crippen molar-refractivity contribution in [1.82, 2.24) is 9.80 Å². The van der Waals surface area contributed by atoms with Crippen molar-refractivity contribution < 1.29 is 4.79 Å². The third-order valence-electron chi connectivity index (χ3n) is 5.15. The fraction of sp³-hybridized carbons (Fsp3) is 0.579. The molecule has 0 saturated carbocycles. The van der Waals surface area contributed by atoms with Crippen LogP contribution >= 0.6 is 12.4 Å². The van der Waals surface area contributed by atoms with E-state index in [-0.39, 0.29) is 18.3 Å². The first-order valence-corrected chi connectivity index (χ1v) is 9.01. The summed E-state index contributed by atoms with van der Waals surface area (Å²) in [5.41, 5.74) is 1.11. The minimum Gasteiger partial charge on any atom is -0.324 e. The van der Waals surface area contributed by atoms with Crippen molar-refractivity contribution in [3.8, 4) is 6.07 Å². The number of rotatable bonds is 4. The Hall–Kier alpha value is -1.61. The Bertz CT molecular complexity index is 602. The number of nitrogens with one attached hydrogen (secondary N) is 1. The van der Waals surface area contributed by atoms with E-state index in [1.54, 1.807) is 18.2 Å². The molecule has 5 nitrogen and oxygen atoms in total. The van der Waals surface area contributed by atoms with Crippen molar-refractivity contribution >= 4 is 24.0 Å². The van der Waals surface area contributed by atoms with Crippen molar-refractivity contribution in [1.29, 1.82) is 5.26 Å². The summed E-state index contributed by atoms with van der Waals surface area (Å²) in [6.07, 6.45) is 6.35. The van der Waals surface area contributed by atoms with E-state index in [1.807, 2.05) is 6.07 Å². The predicted molar refractivity (Wildman–Crippen MR) is 102 cm³/mol. The SMILES string of the molecule is Cl.N#Cc1ccccc1NC(=O)CN1CCC(N2CCCCC2)CC1. The van der Waals surface area contributed by atoms with Crippen LogP contribution in [0.4, 0.5) is 5.69 Å². The molecule has 2 heterocycles. The van der Waals surface area contributed by atoms with Gasteiger partial charge in [0.2, 0.25) is 5.91 Å². The van der Waals surface area contributed by atoms with Crippen LogP contribution in [0.15, 0.2) is 24.3 Å². The number of benzene rings is 1. The van der Waals surface area contributed by atoms with Crippen LogP contribution in [-0.4, -0.2) is 54.5 Å². The molecular formula is C19H27ClN4O. The van der Waals surface area contributed by atoms with Gasteiger partial charge < -0.3 is 10.2 Å². The van der Waals surface area contributed by atoms with E-state index in [4.69, 9.17) is 5.26 Å². The lowest BCUT2D eigenvalue weighted by atomic mass is 10.00. The maximum atomic E-state index is 12.3. The van der Waals surface area contributed by atoms with Gasteiger partial charge in [0.15, 0.2) is 0 Å². The average Bonchev–Trinajstić information content (AvgIpc) is 2.63. The number of carbonyl (C=O) groups is 1. The smallest absolute Gasteiger partial charge is 0.238 e. The van der Waals surface area contributed by atoms with Crippen molar-refractivity contribution in [3.05, 3.63) is 29.8 Å². The van der Waals surface area contributed by atoms with Gasteiger partial charge in [0.25, 0.3) is 0 Å². The fourth-order valence-corrected chi connectivity index (χ4v) is 3.81. The molecule has 0 atom stereocenters. The minimum atomic E-state index is -0.0332. The molecule has 0 radical (unpaired) electrons. The molecule has 0 aromatic heterocycles. The number of hydrogen-bond acceptors (Lipinski definition) is 4. The zero-order chi connectivity index (χ0) is 16.8. The van der Waals surface area contributed by atoms with Crippen molar-refractivity contribution in [2.45, 2.75) is 38.1 Å². The van der Waals surface area contributed by atoms with Crippen LogP contribution in [0.5, 0.6) is 0 Å². The number of likely N-dealkylation sites (tertiary alicyclic amines) is 2. The first-order valence-electron chi connectivity index (χ1n) is 9.01. The van der Waals surface area contributed by atoms with Crippen LogP contribution in [0.2, 0.25) is 0 Å². The van der Waals surface area contributed by atoms with Crippen molar-refractivity contribution in [3.63, 3.8) is 0 Å². The Labute approximate surface area is 156 Å². The van der Waals surface area contributed by atoms with E-state index in [9.17, 15) is 4.79 Å². The zero-order valence-corrected chi connectivity index (χ0v) is 15.4. The Balaban J connectivity index is 0.00000225. The lowest BCUT2D eigenvalue weighted by Crippen LogP contribution is -2.48. The quantitative estimate of drug-likeness (QED) is 0.894. The zero-order valence-electron chi connectivity index (χ0n) is 14.6. The number of amides is 1. The van der Waals surface area contributed by atoms with Crippen LogP contribution in [0.1, 0.15) is 37.7 Å². The molecule has 25 heavy (non-hydrogen) atoms. The Kier molecular flexibility index (Phi) is 7.70. The van der Waals surface area contributed by atoms with Crippen LogP contribution in [0.3, 0.4) is 0 Å². The molecule has 0 aliphatic carbocycles. The van der Waals surface area contributed by atoms with Gasteiger partial charge in [-0.3, -0.25) is 9.69 Å². The molecule has 1 aromatic rings. The van der Waals surface area contributed by atoms with Crippen LogP contribution < -0.4 is 5.32 Å². The molecule has 136 valence electrons. The highest BCUT2D eigenvalue weighted by Gasteiger charge is 2.26. The second-order valence-corrected chi connectivity index (χ2v) is 6.81. The van der Waals surface area contributed by atoms with Gasteiger partial charge in [-0.15, -0.1) is 12.4 Å². The van der Waals surface area contributed by atoms with E-state index in [1.165, 1.54) is 32.4 Å². The number of nitrogens with zero attached hydrogens (tertiary/aromatic N) is 3. The molecule has 3 rings (SSSR count). The standard InChI is InChI=1S/C19H26N4O.ClH/c20-14-16-6-2-3-7-18(16)21-19(24)15-22-12-8-17(9-13-22)23-10-4-1-5-11-23;/h2-3,6-7,17H,1,4-5,8-13,15H2,(H,21,24);1H. The number of para-hydroxylation sites is 1. The molecule has 0 spiro atoms. The second-order valence-electron chi connectivity index (χ2n) is 6.81. The summed E-state index contributed by atoms with van der Waals surface area (Å²) in [4.78, 5) is 17.1. The molecule has 2 saturated heterocycles. The van der Waals surface area contributed by atoms with Crippen LogP contribution in [0, 0.1) is 11.3 Å². The fourth-order valence-electron chi connectivity index (χ4n) is 3.81. The third-order valence-corrected chi connectivity index (χ3v) is 5.15. The summed E-state index contributed by atoms with van der Waals surface area (Å²) in [6.45, 7) is 4.86. The molecule has 1 aromatic carbocycles. The van der Waals surface area contributed by atoms with Crippen molar-refractivity contribution in [2.75, 3.05) is 38.0 Å². The van der Waals surface area contributed by atoms with E-state index >= 15 is 0 Å². The molecule has 2 aliphatic rings. The highest BCUT2D eigenvalue weighted by atomic mass is 35.5. The molecule has 2 aliphatic heterocycles. The molecule has 6 heteroatoms. The highest BCUT2D eigenvalue weighted by molar-refractivity contribution is 5.93. The van der Waals surface area contributed by atoms with Gasteiger partial charge in [0.1, 0.15) is 6.07 Å². The molecule has 1 N–H and O–H groups in total. The lowest BCUT2D eigenvalue weighted by Gasteiger charge is -2.40. The van der Waals surface area contributed by atoms with Gasteiger partial charge in [-0.2, -0.15) is 5.26 Å². The largest absolute Gasteiger partial charge is 0.324 e. The Morgan fingerprint density at radius 2 is 1.80 bits per heavy atom.